The van der Waals surface area contributed by atoms with E-state index in [2.05, 4.69) is 0 Å². The van der Waals surface area contributed by atoms with Crippen molar-refractivity contribution in [1.29, 1.82) is 0 Å². The lowest BCUT2D eigenvalue weighted by molar-refractivity contribution is -0.114. The molecule has 0 aromatic heterocycles. The molecule has 132 valence electrons. The zero-order valence-electron chi connectivity index (χ0n) is 14.1. The summed E-state index contributed by atoms with van der Waals surface area (Å²) in [5, 5.41) is 0. The van der Waals surface area contributed by atoms with Crippen LogP contribution < -0.4 is 0 Å². The second-order valence-electron chi connectivity index (χ2n) is 7.47. The molecule has 0 unspecified atom stereocenters. The molecule has 0 N–H and O–H groups in total. The maximum Gasteiger partial charge on any atom is 0.243 e. The van der Waals surface area contributed by atoms with E-state index in [1.165, 1.54) is 17.1 Å². The average Bonchev–Trinajstić information content (AvgIpc) is 3.23. The van der Waals surface area contributed by atoms with Gasteiger partial charge in [0.05, 0.1) is 11.5 Å². The van der Waals surface area contributed by atoms with Gasteiger partial charge in [-0.25, -0.2) is 8.42 Å². The van der Waals surface area contributed by atoms with Gasteiger partial charge >= 0.3 is 0 Å². The predicted molar refractivity (Wildman–Crippen MR) is 90.3 cm³/mol. The van der Waals surface area contributed by atoms with Crippen LogP contribution in [0.15, 0.2) is 29.2 Å². The maximum atomic E-state index is 12.7. The van der Waals surface area contributed by atoms with Gasteiger partial charge in [-0.3, -0.25) is 0 Å². The molecule has 1 atom stereocenters. The molecule has 3 fully saturated rings. The average molecular weight is 351 g/mol. The van der Waals surface area contributed by atoms with Crippen molar-refractivity contribution in [2.45, 2.75) is 36.7 Å². The summed E-state index contributed by atoms with van der Waals surface area (Å²) in [7, 11) is -3.42. The molecule has 1 aromatic carbocycles. The summed E-state index contributed by atoms with van der Waals surface area (Å²) in [5.74, 6) is 1.06. The number of nitrogens with zero attached hydrogens (tertiary/aromatic N) is 1. The van der Waals surface area contributed by atoms with Crippen LogP contribution in [0.1, 0.15) is 24.8 Å². The summed E-state index contributed by atoms with van der Waals surface area (Å²) in [6, 6.07) is 7.04. The lowest BCUT2D eigenvalue weighted by Gasteiger charge is -2.49. The Bertz CT molecular complexity index is 690. The third kappa shape index (κ3) is 3.01. The van der Waals surface area contributed by atoms with Crippen LogP contribution in [0.3, 0.4) is 0 Å². The smallest absolute Gasteiger partial charge is 0.243 e. The molecule has 24 heavy (non-hydrogen) atoms. The number of hydrogen-bond donors (Lipinski definition) is 0. The monoisotopic (exact) mass is 351 g/mol. The first-order chi connectivity index (χ1) is 11.5. The van der Waals surface area contributed by atoms with E-state index in [-0.39, 0.29) is 5.60 Å². The fourth-order valence-electron chi connectivity index (χ4n) is 3.61. The normalized spacial score (nSPS) is 26.6. The van der Waals surface area contributed by atoms with Gasteiger partial charge in [-0.1, -0.05) is 17.7 Å². The van der Waals surface area contributed by atoms with Crippen LogP contribution in [-0.2, 0) is 19.5 Å². The Kier molecular flexibility index (Phi) is 4.19. The minimum absolute atomic E-state index is 0.306. The number of sulfonamides is 1. The second-order valence-corrected chi connectivity index (χ2v) is 9.40. The van der Waals surface area contributed by atoms with Gasteiger partial charge in [0.25, 0.3) is 0 Å². The number of aryl methyl sites for hydroxylation is 1. The van der Waals surface area contributed by atoms with E-state index in [1.54, 1.807) is 12.1 Å². The molecule has 2 heterocycles. The zero-order chi connectivity index (χ0) is 16.8. The van der Waals surface area contributed by atoms with Gasteiger partial charge in [-0.15, -0.1) is 0 Å². The second kappa shape index (κ2) is 6.09. The largest absolute Gasteiger partial charge is 0.381 e. The summed E-state index contributed by atoms with van der Waals surface area (Å²) >= 11 is 0. The van der Waals surface area contributed by atoms with Gasteiger partial charge < -0.3 is 9.47 Å². The van der Waals surface area contributed by atoms with E-state index in [0.29, 0.717) is 37.1 Å². The van der Waals surface area contributed by atoms with Gasteiger partial charge in [0.15, 0.2) is 0 Å². The Morgan fingerprint density at radius 3 is 2.54 bits per heavy atom. The number of rotatable bonds is 6. The van der Waals surface area contributed by atoms with E-state index in [4.69, 9.17) is 9.47 Å². The molecule has 0 bridgehead atoms. The molecule has 3 aliphatic rings. The number of hydrogen-bond acceptors (Lipinski definition) is 4. The number of ether oxygens (including phenoxy) is 2. The molecule has 1 aromatic rings. The fourth-order valence-corrected chi connectivity index (χ4v) is 5.17. The molecule has 5 nitrogen and oxygen atoms in total. The highest BCUT2D eigenvalue weighted by Gasteiger charge is 2.56. The summed E-state index contributed by atoms with van der Waals surface area (Å²) in [5.41, 5.74) is 0.724. The minimum atomic E-state index is -3.42. The molecule has 6 heteroatoms. The first-order valence-electron chi connectivity index (χ1n) is 8.78. The molecule has 2 saturated heterocycles. The first-order valence-corrected chi connectivity index (χ1v) is 10.2. The molecule has 0 radical (unpaired) electrons. The summed E-state index contributed by atoms with van der Waals surface area (Å²) < 4.78 is 38.8. The quantitative estimate of drug-likeness (QED) is 0.788. The SMILES string of the molecule is Cc1ccc(S(=O)(=O)N2CC3(C2)OCC[C@@H]3COCC2CC2)cc1. The molecular formula is C18H25NO4S. The van der Waals surface area contributed by atoms with E-state index < -0.39 is 10.0 Å². The zero-order valence-corrected chi connectivity index (χ0v) is 14.9. The first kappa shape index (κ1) is 16.5. The predicted octanol–water partition coefficient (Wildman–Crippen LogP) is 2.20. The Hall–Kier alpha value is -0.950. The van der Waals surface area contributed by atoms with Crippen LogP contribution in [0.2, 0.25) is 0 Å². The summed E-state index contributed by atoms with van der Waals surface area (Å²) in [4.78, 5) is 0.363. The molecule has 1 spiro atoms. The Morgan fingerprint density at radius 1 is 1.17 bits per heavy atom. The van der Waals surface area contributed by atoms with E-state index in [9.17, 15) is 8.42 Å². The van der Waals surface area contributed by atoms with Crippen LogP contribution in [-0.4, -0.2) is 51.2 Å². The van der Waals surface area contributed by atoms with Gasteiger partial charge in [-0.2, -0.15) is 4.31 Å². The number of benzene rings is 1. The topological polar surface area (TPSA) is 55.8 Å². The third-order valence-electron chi connectivity index (χ3n) is 5.52. The molecule has 2 aliphatic heterocycles. The van der Waals surface area contributed by atoms with Gasteiger partial charge in [0, 0.05) is 32.2 Å². The minimum Gasteiger partial charge on any atom is -0.381 e. The highest BCUT2D eigenvalue weighted by atomic mass is 32.2. The van der Waals surface area contributed by atoms with Crippen molar-refractivity contribution in [2.75, 3.05) is 32.9 Å². The van der Waals surface area contributed by atoms with Crippen LogP contribution in [0.5, 0.6) is 0 Å². The van der Waals surface area contributed by atoms with Crippen molar-refractivity contribution >= 4 is 10.0 Å². The van der Waals surface area contributed by atoms with Crippen molar-refractivity contribution in [3.05, 3.63) is 29.8 Å². The third-order valence-corrected chi connectivity index (χ3v) is 7.32. The van der Waals surface area contributed by atoms with Crippen molar-refractivity contribution in [2.24, 2.45) is 11.8 Å². The van der Waals surface area contributed by atoms with Crippen LogP contribution in [0, 0.1) is 18.8 Å². The van der Waals surface area contributed by atoms with E-state index in [0.717, 1.165) is 24.5 Å². The highest BCUT2D eigenvalue weighted by Crippen LogP contribution is 2.42. The van der Waals surface area contributed by atoms with Crippen molar-refractivity contribution in [3.8, 4) is 0 Å². The van der Waals surface area contributed by atoms with Crippen molar-refractivity contribution in [1.82, 2.24) is 4.31 Å². The fraction of sp³-hybridized carbons (Fsp3) is 0.667. The van der Waals surface area contributed by atoms with Crippen LogP contribution in [0.4, 0.5) is 0 Å². The van der Waals surface area contributed by atoms with Crippen LogP contribution in [0.25, 0.3) is 0 Å². The highest BCUT2D eigenvalue weighted by molar-refractivity contribution is 7.89. The Labute approximate surface area is 144 Å². The molecular weight excluding hydrogens is 326 g/mol. The standard InChI is InChI=1S/C18H25NO4S/c1-14-2-6-17(7-3-14)24(20,21)19-12-18(13-19)16(8-9-23-18)11-22-10-15-4-5-15/h2-3,6-7,15-16H,4-5,8-13H2,1H3/t16-/m1/s1. The molecule has 0 amide bonds. The molecule has 4 rings (SSSR count). The van der Waals surface area contributed by atoms with E-state index in [1.807, 2.05) is 19.1 Å². The Morgan fingerprint density at radius 2 is 1.88 bits per heavy atom. The van der Waals surface area contributed by atoms with Gasteiger partial charge in [0.1, 0.15) is 5.60 Å². The van der Waals surface area contributed by atoms with Crippen molar-refractivity contribution in [3.63, 3.8) is 0 Å². The molecule has 1 saturated carbocycles. The van der Waals surface area contributed by atoms with Gasteiger partial charge in [0.2, 0.25) is 10.0 Å². The van der Waals surface area contributed by atoms with Gasteiger partial charge in [-0.05, 0) is 44.2 Å². The van der Waals surface area contributed by atoms with Crippen molar-refractivity contribution < 1.29 is 17.9 Å². The van der Waals surface area contributed by atoms with E-state index >= 15 is 0 Å². The molecule has 1 aliphatic carbocycles. The summed E-state index contributed by atoms with van der Waals surface area (Å²) in [6.45, 7) is 5.08. The van der Waals surface area contributed by atoms with Crippen LogP contribution >= 0.6 is 0 Å². The lowest BCUT2D eigenvalue weighted by Crippen LogP contribution is -2.66. The maximum absolute atomic E-state index is 12.7. The summed E-state index contributed by atoms with van der Waals surface area (Å²) in [6.07, 6.45) is 3.53. The lowest BCUT2D eigenvalue weighted by atomic mass is 9.83. The Balaban J connectivity index is 1.39.